The van der Waals surface area contributed by atoms with E-state index in [0.717, 1.165) is 18.2 Å². The molecule has 1 amide bonds. The second kappa shape index (κ2) is 7.71. The first-order valence-electron chi connectivity index (χ1n) is 7.58. The molecule has 0 radical (unpaired) electrons. The highest BCUT2D eigenvalue weighted by atomic mass is 127. The highest BCUT2D eigenvalue weighted by Crippen LogP contribution is 2.22. The average Bonchev–Trinajstić information content (AvgIpc) is 2.91. The summed E-state index contributed by atoms with van der Waals surface area (Å²) in [6.45, 7) is 1.76. The topological polar surface area (TPSA) is 46.9 Å². The maximum atomic E-state index is 13.9. The minimum atomic E-state index is -0.538. The molecule has 3 aromatic rings. The molecular formula is C18H13ClF2IN3O. The monoisotopic (exact) mass is 487 g/mol. The molecule has 1 heterocycles. The summed E-state index contributed by atoms with van der Waals surface area (Å²) < 4.78 is 29.4. The molecule has 4 nitrogen and oxygen atoms in total. The Morgan fingerprint density at radius 1 is 1.27 bits per heavy atom. The zero-order valence-electron chi connectivity index (χ0n) is 13.6. The van der Waals surface area contributed by atoms with Gasteiger partial charge in [-0.15, -0.1) is 0 Å². The van der Waals surface area contributed by atoms with Crippen LogP contribution in [0.25, 0.3) is 0 Å². The van der Waals surface area contributed by atoms with Crippen molar-refractivity contribution in [3.63, 3.8) is 0 Å². The van der Waals surface area contributed by atoms with Crippen LogP contribution in [0, 0.1) is 22.1 Å². The largest absolute Gasteiger partial charge is 0.307 e. The Bertz CT molecular complexity index is 991. The normalized spacial score (nSPS) is 10.8. The van der Waals surface area contributed by atoms with Gasteiger partial charge in [0.15, 0.2) is 0 Å². The summed E-state index contributed by atoms with van der Waals surface area (Å²) in [5.41, 5.74) is 1.31. The van der Waals surface area contributed by atoms with E-state index < -0.39 is 11.6 Å². The Morgan fingerprint density at radius 3 is 2.77 bits per heavy atom. The maximum Gasteiger partial charge on any atom is 0.257 e. The Balaban J connectivity index is 1.88. The van der Waals surface area contributed by atoms with Crippen molar-refractivity contribution in [2.75, 3.05) is 5.32 Å². The van der Waals surface area contributed by atoms with Crippen molar-refractivity contribution >= 4 is 45.9 Å². The van der Waals surface area contributed by atoms with Crippen molar-refractivity contribution in [1.29, 1.82) is 0 Å². The molecule has 2 aromatic carbocycles. The lowest BCUT2D eigenvalue weighted by Gasteiger charge is -2.12. The number of carbonyl (C=O) groups excluding carboxylic acids is 1. The molecule has 0 aliphatic rings. The van der Waals surface area contributed by atoms with Gasteiger partial charge in [-0.3, -0.25) is 4.79 Å². The van der Waals surface area contributed by atoms with Gasteiger partial charge in [-0.25, -0.2) is 13.5 Å². The SMILES string of the molecule is Cc1cnn(Cc2cc(F)ccc2F)c1NC(=O)c1ccc(Cl)cc1I. The van der Waals surface area contributed by atoms with E-state index in [9.17, 15) is 13.6 Å². The number of halogens is 4. The van der Waals surface area contributed by atoms with Crippen molar-refractivity contribution in [1.82, 2.24) is 9.78 Å². The lowest BCUT2D eigenvalue weighted by atomic mass is 10.2. The Kier molecular flexibility index (Phi) is 5.57. The van der Waals surface area contributed by atoms with Gasteiger partial charge in [0.2, 0.25) is 0 Å². The van der Waals surface area contributed by atoms with Gasteiger partial charge < -0.3 is 5.32 Å². The number of nitrogens with one attached hydrogen (secondary N) is 1. The number of aryl methyl sites for hydroxylation is 1. The Morgan fingerprint density at radius 2 is 2.04 bits per heavy atom. The standard InChI is InChI=1S/C18H13ClF2IN3O/c1-10-8-23-25(9-11-6-13(20)3-5-15(11)21)17(10)24-18(26)14-4-2-12(19)7-16(14)22/h2-8H,9H2,1H3,(H,24,26). The third kappa shape index (κ3) is 4.04. The van der Waals surface area contributed by atoms with Gasteiger partial charge in [-0.2, -0.15) is 5.10 Å². The van der Waals surface area contributed by atoms with E-state index in [4.69, 9.17) is 11.6 Å². The van der Waals surface area contributed by atoms with E-state index in [1.807, 2.05) is 22.6 Å². The van der Waals surface area contributed by atoms with E-state index in [1.54, 1.807) is 31.3 Å². The van der Waals surface area contributed by atoms with Crippen molar-refractivity contribution in [2.45, 2.75) is 13.5 Å². The average molecular weight is 488 g/mol. The number of benzene rings is 2. The van der Waals surface area contributed by atoms with Crippen LogP contribution in [0.4, 0.5) is 14.6 Å². The molecule has 1 N–H and O–H groups in total. The van der Waals surface area contributed by atoms with E-state index in [2.05, 4.69) is 10.4 Å². The number of aromatic nitrogens is 2. The number of anilines is 1. The molecule has 0 aliphatic heterocycles. The molecule has 0 spiro atoms. The zero-order valence-corrected chi connectivity index (χ0v) is 16.5. The van der Waals surface area contributed by atoms with Crippen molar-refractivity contribution in [2.24, 2.45) is 0 Å². The summed E-state index contributed by atoms with van der Waals surface area (Å²) in [6, 6.07) is 8.17. The summed E-state index contributed by atoms with van der Waals surface area (Å²) in [5.74, 6) is -0.990. The smallest absolute Gasteiger partial charge is 0.257 e. The van der Waals surface area contributed by atoms with E-state index >= 15 is 0 Å². The molecule has 134 valence electrons. The van der Waals surface area contributed by atoms with Crippen LogP contribution in [-0.2, 0) is 6.54 Å². The molecule has 3 rings (SSSR count). The van der Waals surface area contributed by atoms with Crippen LogP contribution in [0.5, 0.6) is 0 Å². The lowest BCUT2D eigenvalue weighted by Crippen LogP contribution is -2.18. The minimum Gasteiger partial charge on any atom is -0.307 e. The van der Waals surface area contributed by atoms with Crippen LogP contribution < -0.4 is 5.32 Å². The van der Waals surface area contributed by atoms with Gasteiger partial charge in [-0.1, -0.05) is 11.6 Å². The predicted molar refractivity (Wildman–Crippen MR) is 105 cm³/mol. The fraction of sp³-hybridized carbons (Fsp3) is 0.111. The molecular weight excluding hydrogens is 475 g/mol. The fourth-order valence-electron chi connectivity index (χ4n) is 2.44. The van der Waals surface area contributed by atoms with Gasteiger partial charge >= 0.3 is 0 Å². The van der Waals surface area contributed by atoms with Gasteiger partial charge in [-0.05, 0) is 65.9 Å². The van der Waals surface area contributed by atoms with E-state index in [-0.39, 0.29) is 18.0 Å². The van der Waals surface area contributed by atoms with Gasteiger partial charge in [0, 0.05) is 19.7 Å². The number of rotatable bonds is 4. The predicted octanol–water partition coefficient (Wildman–Crippen LogP) is 5.03. The first-order chi connectivity index (χ1) is 12.3. The van der Waals surface area contributed by atoms with Crippen LogP contribution in [0.2, 0.25) is 5.02 Å². The van der Waals surface area contributed by atoms with Crippen LogP contribution in [0.1, 0.15) is 21.5 Å². The van der Waals surface area contributed by atoms with Crippen molar-refractivity contribution in [3.05, 3.63) is 79.5 Å². The van der Waals surface area contributed by atoms with Crippen LogP contribution in [0.3, 0.4) is 0 Å². The Labute approximate surface area is 167 Å². The zero-order chi connectivity index (χ0) is 18.8. The number of hydrogen-bond acceptors (Lipinski definition) is 2. The molecule has 0 fully saturated rings. The molecule has 1 aromatic heterocycles. The summed E-state index contributed by atoms with van der Waals surface area (Å²) in [4.78, 5) is 12.6. The van der Waals surface area contributed by atoms with Crippen molar-refractivity contribution in [3.8, 4) is 0 Å². The quantitative estimate of drug-likeness (QED) is 0.525. The summed E-state index contributed by atoms with van der Waals surface area (Å²) in [5, 5.41) is 7.48. The second-order valence-electron chi connectivity index (χ2n) is 5.65. The molecule has 0 atom stereocenters. The highest BCUT2D eigenvalue weighted by molar-refractivity contribution is 14.1. The molecule has 26 heavy (non-hydrogen) atoms. The maximum absolute atomic E-state index is 13.9. The molecule has 0 unspecified atom stereocenters. The van der Waals surface area contributed by atoms with Crippen LogP contribution >= 0.6 is 34.2 Å². The summed E-state index contributed by atoms with van der Waals surface area (Å²) in [6.07, 6.45) is 1.56. The van der Waals surface area contributed by atoms with Crippen LogP contribution in [0.15, 0.2) is 42.6 Å². The summed E-state index contributed by atoms with van der Waals surface area (Å²) >= 11 is 7.94. The molecule has 0 saturated heterocycles. The molecule has 0 saturated carbocycles. The minimum absolute atomic E-state index is 0.00917. The van der Waals surface area contributed by atoms with Crippen molar-refractivity contribution < 1.29 is 13.6 Å². The summed E-state index contributed by atoms with van der Waals surface area (Å²) in [7, 11) is 0. The molecule has 0 bridgehead atoms. The van der Waals surface area contributed by atoms with Gasteiger partial charge in [0.25, 0.3) is 5.91 Å². The number of hydrogen-bond donors (Lipinski definition) is 1. The fourth-order valence-corrected chi connectivity index (χ4v) is 3.55. The molecule has 0 aliphatic carbocycles. The van der Waals surface area contributed by atoms with E-state index in [1.165, 1.54) is 4.68 Å². The molecule has 8 heteroatoms. The third-order valence-electron chi connectivity index (χ3n) is 3.76. The van der Waals surface area contributed by atoms with Crippen LogP contribution in [-0.4, -0.2) is 15.7 Å². The first kappa shape index (κ1) is 18.8. The van der Waals surface area contributed by atoms with Gasteiger partial charge in [0.05, 0.1) is 18.3 Å². The van der Waals surface area contributed by atoms with E-state index in [0.29, 0.717) is 25.5 Å². The second-order valence-corrected chi connectivity index (χ2v) is 7.25. The Hall–Kier alpha value is -2.00. The third-order valence-corrected chi connectivity index (χ3v) is 4.89. The van der Waals surface area contributed by atoms with Gasteiger partial charge in [0.1, 0.15) is 17.5 Å². The number of nitrogens with zero attached hydrogens (tertiary/aromatic N) is 2. The highest BCUT2D eigenvalue weighted by Gasteiger charge is 2.16. The lowest BCUT2D eigenvalue weighted by molar-refractivity contribution is 0.102. The number of carbonyl (C=O) groups is 1. The number of amides is 1. The first-order valence-corrected chi connectivity index (χ1v) is 9.03.